The highest BCUT2D eigenvalue weighted by Gasteiger charge is 2.17. The third-order valence-electron chi connectivity index (χ3n) is 4.00. The number of benzene rings is 1. The molecule has 2 aromatic heterocycles. The topological polar surface area (TPSA) is 64.7 Å². The van der Waals surface area contributed by atoms with Crippen molar-refractivity contribution in [3.63, 3.8) is 0 Å². The molecule has 1 unspecified atom stereocenters. The van der Waals surface area contributed by atoms with E-state index in [-0.39, 0.29) is 5.91 Å². The summed E-state index contributed by atoms with van der Waals surface area (Å²) in [6, 6.07) is 7.90. The normalized spacial score (nSPS) is 12.2. The number of amides is 1. The Morgan fingerprint density at radius 2 is 1.96 bits per heavy atom. The molecule has 0 saturated carbocycles. The van der Waals surface area contributed by atoms with Crippen molar-refractivity contribution in [2.24, 2.45) is 0 Å². The summed E-state index contributed by atoms with van der Waals surface area (Å²) >= 11 is 3.41. The molecule has 2 heterocycles. The monoisotopic (exact) mass is 401 g/mol. The van der Waals surface area contributed by atoms with Gasteiger partial charge in [-0.15, -0.1) is 0 Å². The Hall–Kier alpha value is -2.41. The molecule has 0 aliphatic carbocycles. The zero-order chi connectivity index (χ0) is 18.0. The first-order chi connectivity index (χ1) is 11.9. The Balaban J connectivity index is 1.64. The molecule has 0 radical (unpaired) electrons. The second kappa shape index (κ2) is 7.23. The van der Waals surface area contributed by atoms with Gasteiger partial charge in [-0.05, 0) is 42.3 Å². The highest BCUT2D eigenvalue weighted by atomic mass is 79.9. The van der Waals surface area contributed by atoms with Crippen LogP contribution in [0, 0.1) is 13.8 Å². The van der Waals surface area contributed by atoms with Gasteiger partial charge in [-0.25, -0.2) is 0 Å². The van der Waals surface area contributed by atoms with Gasteiger partial charge in [-0.1, -0.05) is 29.8 Å². The first-order valence-corrected chi connectivity index (χ1v) is 8.82. The average Bonchev–Trinajstić information content (AvgIpc) is 3.15. The number of rotatable bonds is 5. The number of hydrogen-bond acceptors (Lipinski definition) is 3. The van der Waals surface area contributed by atoms with E-state index in [1.807, 2.05) is 20.0 Å². The van der Waals surface area contributed by atoms with Gasteiger partial charge >= 0.3 is 0 Å². The number of anilines is 1. The minimum atomic E-state index is -0.412. The summed E-state index contributed by atoms with van der Waals surface area (Å²) in [5.74, 6) is -0.134. The number of aromatic nitrogens is 4. The van der Waals surface area contributed by atoms with Crippen molar-refractivity contribution in [1.29, 1.82) is 0 Å². The van der Waals surface area contributed by atoms with Gasteiger partial charge in [0.2, 0.25) is 5.91 Å². The number of carbonyl (C=O) groups excluding carboxylic acids is 1. The lowest BCUT2D eigenvalue weighted by Crippen LogP contribution is -2.23. The molecule has 0 saturated heterocycles. The first kappa shape index (κ1) is 17.4. The van der Waals surface area contributed by atoms with E-state index in [9.17, 15) is 4.79 Å². The Labute approximate surface area is 155 Å². The molecule has 6 nitrogen and oxygen atoms in total. The van der Waals surface area contributed by atoms with Crippen LogP contribution in [0.5, 0.6) is 0 Å². The van der Waals surface area contributed by atoms with Crippen LogP contribution < -0.4 is 5.32 Å². The summed E-state index contributed by atoms with van der Waals surface area (Å²) in [6.07, 6.45) is 5.29. The Morgan fingerprint density at radius 1 is 1.24 bits per heavy atom. The van der Waals surface area contributed by atoms with Gasteiger partial charge in [-0.3, -0.25) is 14.2 Å². The molecule has 25 heavy (non-hydrogen) atoms. The largest absolute Gasteiger partial charge is 0.322 e. The van der Waals surface area contributed by atoms with Gasteiger partial charge in [0.1, 0.15) is 6.04 Å². The Bertz CT molecular complexity index is 862. The molecular formula is C18H20BrN5O. The molecule has 0 spiro atoms. The molecule has 3 aromatic rings. The van der Waals surface area contributed by atoms with E-state index < -0.39 is 6.04 Å². The van der Waals surface area contributed by atoms with Gasteiger partial charge in [0.15, 0.2) is 0 Å². The first-order valence-electron chi connectivity index (χ1n) is 8.02. The summed E-state index contributed by atoms with van der Waals surface area (Å²) in [5, 5.41) is 11.5. The molecule has 130 valence electrons. The summed E-state index contributed by atoms with van der Waals surface area (Å²) in [4.78, 5) is 12.4. The fourth-order valence-electron chi connectivity index (χ4n) is 2.42. The van der Waals surface area contributed by atoms with Crippen LogP contribution in [-0.2, 0) is 11.3 Å². The number of aryl methyl sites for hydroxylation is 2. The lowest BCUT2D eigenvalue weighted by Gasteiger charge is -2.11. The maximum absolute atomic E-state index is 12.4. The summed E-state index contributed by atoms with van der Waals surface area (Å²) in [6.45, 7) is 6.42. The highest BCUT2D eigenvalue weighted by Crippen LogP contribution is 2.18. The van der Waals surface area contributed by atoms with E-state index in [1.165, 1.54) is 5.56 Å². The molecule has 1 atom stereocenters. The summed E-state index contributed by atoms with van der Waals surface area (Å²) in [5.41, 5.74) is 3.92. The van der Waals surface area contributed by atoms with E-state index in [1.54, 1.807) is 21.8 Å². The van der Waals surface area contributed by atoms with Crippen molar-refractivity contribution < 1.29 is 4.79 Å². The van der Waals surface area contributed by atoms with Crippen molar-refractivity contribution in [2.45, 2.75) is 33.4 Å². The molecule has 0 aliphatic heterocycles. The van der Waals surface area contributed by atoms with Crippen LogP contribution in [0.2, 0.25) is 0 Å². The molecule has 1 N–H and O–H groups in total. The van der Waals surface area contributed by atoms with Crippen LogP contribution >= 0.6 is 15.9 Å². The van der Waals surface area contributed by atoms with Crippen molar-refractivity contribution in [2.75, 3.05) is 5.32 Å². The van der Waals surface area contributed by atoms with Crippen LogP contribution in [0.3, 0.4) is 0 Å². The van der Waals surface area contributed by atoms with E-state index in [4.69, 9.17) is 0 Å². The van der Waals surface area contributed by atoms with E-state index in [2.05, 4.69) is 62.6 Å². The third kappa shape index (κ3) is 4.17. The van der Waals surface area contributed by atoms with Gasteiger partial charge in [-0.2, -0.15) is 10.2 Å². The molecule has 7 heteroatoms. The maximum atomic E-state index is 12.4. The van der Waals surface area contributed by atoms with Gasteiger partial charge in [0, 0.05) is 12.4 Å². The number of hydrogen-bond donors (Lipinski definition) is 1. The second-order valence-corrected chi connectivity index (χ2v) is 6.97. The third-order valence-corrected chi connectivity index (χ3v) is 4.78. The van der Waals surface area contributed by atoms with Crippen LogP contribution in [0.1, 0.15) is 29.8 Å². The minimum absolute atomic E-state index is 0.134. The number of carbonyl (C=O) groups is 1. The van der Waals surface area contributed by atoms with Crippen LogP contribution in [-0.4, -0.2) is 25.5 Å². The molecule has 0 bridgehead atoms. The predicted octanol–water partition coefficient (Wildman–Crippen LogP) is 3.71. The standard InChI is InChI=1S/C18H20BrN5O/c1-12-4-6-15(7-5-12)9-23-10-16(8-20-23)21-18(25)14(3)24-11-17(19)13(2)22-24/h4-8,10-11,14H,9H2,1-3H3,(H,21,25). The van der Waals surface area contributed by atoms with E-state index in [0.717, 1.165) is 15.7 Å². The molecule has 3 rings (SSSR count). The van der Waals surface area contributed by atoms with Crippen LogP contribution in [0.4, 0.5) is 5.69 Å². The molecule has 1 amide bonds. The summed E-state index contributed by atoms with van der Waals surface area (Å²) in [7, 11) is 0. The van der Waals surface area contributed by atoms with Gasteiger partial charge in [0.05, 0.1) is 28.6 Å². The summed E-state index contributed by atoms with van der Waals surface area (Å²) < 4.78 is 4.34. The van der Waals surface area contributed by atoms with Crippen LogP contribution in [0.15, 0.2) is 47.3 Å². The lowest BCUT2D eigenvalue weighted by atomic mass is 10.1. The maximum Gasteiger partial charge on any atom is 0.249 e. The highest BCUT2D eigenvalue weighted by molar-refractivity contribution is 9.10. The quantitative estimate of drug-likeness (QED) is 0.708. The lowest BCUT2D eigenvalue weighted by molar-refractivity contribution is -0.119. The van der Waals surface area contributed by atoms with E-state index >= 15 is 0 Å². The molecule has 0 fully saturated rings. The molecular weight excluding hydrogens is 382 g/mol. The Morgan fingerprint density at radius 3 is 2.60 bits per heavy atom. The average molecular weight is 402 g/mol. The second-order valence-electron chi connectivity index (χ2n) is 6.12. The van der Waals surface area contributed by atoms with Crippen LogP contribution in [0.25, 0.3) is 0 Å². The van der Waals surface area contributed by atoms with Crippen molar-refractivity contribution >= 4 is 27.5 Å². The smallest absolute Gasteiger partial charge is 0.249 e. The molecule has 1 aromatic carbocycles. The fourth-order valence-corrected chi connectivity index (χ4v) is 2.71. The fraction of sp³-hybridized carbons (Fsp3) is 0.278. The number of halogens is 1. The number of nitrogens with zero attached hydrogens (tertiary/aromatic N) is 4. The van der Waals surface area contributed by atoms with E-state index in [0.29, 0.717) is 12.2 Å². The zero-order valence-corrected chi connectivity index (χ0v) is 16.0. The Kier molecular flexibility index (Phi) is 5.03. The number of nitrogens with one attached hydrogen (secondary N) is 1. The zero-order valence-electron chi connectivity index (χ0n) is 14.4. The SMILES string of the molecule is Cc1ccc(Cn2cc(NC(=O)C(C)n3cc(Br)c(C)n3)cn2)cc1. The predicted molar refractivity (Wildman–Crippen MR) is 101 cm³/mol. The van der Waals surface area contributed by atoms with Gasteiger partial charge < -0.3 is 5.32 Å². The minimum Gasteiger partial charge on any atom is -0.322 e. The van der Waals surface area contributed by atoms with Crippen molar-refractivity contribution in [1.82, 2.24) is 19.6 Å². The van der Waals surface area contributed by atoms with Gasteiger partial charge in [0.25, 0.3) is 0 Å². The molecule has 0 aliphatic rings. The van der Waals surface area contributed by atoms with Crippen molar-refractivity contribution in [3.05, 3.63) is 64.1 Å². The van der Waals surface area contributed by atoms with Crippen molar-refractivity contribution in [3.8, 4) is 0 Å².